The Morgan fingerprint density at radius 1 is 1.35 bits per heavy atom. The van der Waals surface area contributed by atoms with Gasteiger partial charge in [0.15, 0.2) is 4.34 Å². The molecule has 0 radical (unpaired) electrons. The summed E-state index contributed by atoms with van der Waals surface area (Å²) in [5, 5.41) is 3.57. The van der Waals surface area contributed by atoms with Gasteiger partial charge in [0.05, 0.1) is 10.2 Å². The SMILES string of the molecule is CCC(CC)Nc1ccc2nc(SC)sc2c1. The largest absolute Gasteiger partial charge is 0.382 e. The Labute approximate surface area is 111 Å². The van der Waals surface area contributed by atoms with E-state index in [0.717, 1.165) is 22.7 Å². The number of nitrogens with one attached hydrogen (secondary N) is 1. The number of aromatic nitrogens is 1. The molecule has 0 atom stereocenters. The lowest BCUT2D eigenvalue weighted by molar-refractivity contribution is 0.672. The van der Waals surface area contributed by atoms with Crippen molar-refractivity contribution >= 4 is 39.0 Å². The Kier molecular flexibility index (Phi) is 4.29. The third-order valence-electron chi connectivity index (χ3n) is 2.90. The first-order chi connectivity index (χ1) is 8.26. The second-order valence-corrected chi connectivity index (χ2v) is 6.11. The van der Waals surface area contributed by atoms with Gasteiger partial charge in [-0.15, -0.1) is 11.3 Å². The molecule has 0 aliphatic heterocycles. The van der Waals surface area contributed by atoms with Gasteiger partial charge in [0.2, 0.25) is 0 Å². The summed E-state index contributed by atoms with van der Waals surface area (Å²) in [6, 6.07) is 7.02. The van der Waals surface area contributed by atoms with E-state index in [1.165, 1.54) is 10.4 Å². The molecule has 2 nitrogen and oxygen atoms in total. The van der Waals surface area contributed by atoms with Crippen LogP contribution in [0, 0.1) is 0 Å². The number of thioether (sulfide) groups is 1. The quantitative estimate of drug-likeness (QED) is 0.799. The highest BCUT2D eigenvalue weighted by molar-refractivity contribution is 8.00. The number of thiazole rings is 1. The Morgan fingerprint density at radius 2 is 2.12 bits per heavy atom. The van der Waals surface area contributed by atoms with Crippen LogP contribution >= 0.6 is 23.1 Å². The van der Waals surface area contributed by atoms with Crippen molar-refractivity contribution < 1.29 is 0 Å². The number of hydrogen-bond acceptors (Lipinski definition) is 4. The molecule has 0 amide bonds. The highest BCUT2D eigenvalue weighted by atomic mass is 32.2. The van der Waals surface area contributed by atoms with E-state index in [0.29, 0.717) is 6.04 Å². The average Bonchev–Trinajstić information content (AvgIpc) is 2.78. The molecule has 0 unspecified atom stereocenters. The smallest absolute Gasteiger partial charge is 0.150 e. The first kappa shape index (κ1) is 12.7. The van der Waals surface area contributed by atoms with Crippen molar-refractivity contribution in [3.05, 3.63) is 18.2 Å². The van der Waals surface area contributed by atoms with Gasteiger partial charge in [-0.3, -0.25) is 0 Å². The summed E-state index contributed by atoms with van der Waals surface area (Å²) in [6.07, 6.45) is 4.39. The van der Waals surface area contributed by atoms with Crippen LogP contribution in [0.3, 0.4) is 0 Å². The van der Waals surface area contributed by atoms with Crippen molar-refractivity contribution in [1.29, 1.82) is 0 Å². The Balaban J connectivity index is 2.24. The van der Waals surface area contributed by atoms with E-state index in [4.69, 9.17) is 0 Å². The van der Waals surface area contributed by atoms with Crippen LogP contribution in [0.15, 0.2) is 22.5 Å². The highest BCUT2D eigenvalue weighted by Crippen LogP contribution is 2.30. The van der Waals surface area contributed by atoms with E-state index < -0.39 is 0 Å². The molecule has 1 N–H and O–H groups in total. The van der Waals surface area contributed by atoms with Gasteiger partial charge in [-0.2, -0.15) is 0 Å². The maximum Gasteiger partial charge on any atom is 0.150 e. The molecule has 4 heteroatoms. The molecule has 0 spiro atoms. The number of rotatable bonds is 5. The molecule has 92 valence electrons. The van der Waals surface area contributed by atoms with Crippen LogP contribution in [-0.4, -0.2) is 17.3 Å². The molecule has 1 heterocycles. The lowest BCUT2D eigenvalue weighted by Crippen LogP contribution is -2.16. The number of fused-ring (bicyclic) bond motifs is 1. The summed E-state index contributed by atoms with van der Waals surface area (Å²) < 4.78 is 2.41. The van der Waals surface area contributed by atoms with Crippen LogP contribution in [0.4, 0.5) is 5.69 Å². The normalized spacial score (nSPS) is 11.3. The molecule has 17 heavy (non-hydrogen) atoms. The number of nitrogens with zero attached hydrogens (tertiary/aromatic N) is 1. The molecular formula is C13H18N2S2. The third-order valence-corrected chi connectivity index (χ3v) is 4.90. The lowest BCUT2D eigenvalue weighted by Gasteiger charge is -2.15. The summed E-state index contributed by atoms with van der Waals surface area (Å²) in [4.78, 5) is 4.55. The van der Waals surface area contributed by atoms with Crippen molar-refractivity contribution in [3.63, 3.8) is 0 Å². The topological polar surface area (TPSA) is 24.9 Å². The summed E-state index contributed by atoms with van der Waals surface area (Å²) >= 11 is 3.48. The lowest BCUT2D eigenvalue weighted by atomic mass is 10.1. The molecule has 2 rings (SSSR count). The molecule has 0 aliphatic carbocycles. The van der Waals surface area contributed by atoms with E-state index in [1.807, 2.05) is 0 Å². The second kappa shape index (κ2) is 5.74. The maximum atomic E-state index is 4.55. The van der Waals surface area contributed by atoms with Gasteiger partial charge in [0, 0.05) is 11.7 Å². The van der Waals surface area contributed by atoms with E-state index in [1.54, 1.807) is 23.1 Å². The van der Waals surface area contributed by atoms with Crippen molar-refractivity contribution in [2.75, 3.05) is 11.6 Å². The summed E-state index contributed by atoms with van der Waals surface area (Å²) in [5.74, 6) is 0. The molecular weight excluding hydrogens is 248 g/mol. The zero-order valence-electron chi connectivity index (χ0n) is 10.5. The van der Waals surface area contributed by atoms with E-state index in [2.05, 4.69) is 48.6 Å². The van der Waals surface area contributed by atoms with E-state index in [-0.39, 0.29) is 0 Å². The van der Waals surface area contributed by atoms with Gasteiger partial charge in [-0.05, 0) is 37.3 Å². The van der Waals surface area contributed by atoms with Crippen molar-refractivity contribution in [3.8, 4) is 0 Å². The van der Waals surface area contributed by atoms with Crippen molar-refractivity contribution in [2.24, 2.45) is 0 Å². The first-order valence-electron chi connectivity index (χ1n) is 5.98. The molecule has 2 aromatic rings. The Morgan fingerprint density at radius 3 is 2.76 bits per heavy atom. The van der Waals surface area contributed by atoms with Gasteiger partial charge in [0.1, 0.15) is 0 Å². The van der Waals surface area contributed by atoms with Gasteiger partial charge in [0.25, 0.3) is 0 Å². The fraction of sp³-hybridized carbons (Fsp3) is 0.462. The molecule has 0 fully saturated rings. The molecule has 0 bridgehead atoms. The van der Waals surface area contributed by atoms with Crippen LogP contribution in [0.1, 0.15) is 26.7 Å². The van der Waals surface area contributed by atoms with Crippen molar-refractivity contribution in [1.82, 2.24) is 4.98 Å². The Bertz CT molecular complexity index is 489. The Hall–Kier alpha value is -0.740. The predicted octanol–water partition coefficient (Wildman–Crippen LogP) is 4.62. The van der Waals surface area contributed by atoms with Crippen molar-refractivity contribution in [2.45, 2.75) is 37.1 Å². The summed E-state index contributed by atoms with van der Waals surface area (Å²) in [6.45, 7) is 4.44. The number of hydrogen-bond donors (Lipinski definition) is 1. The summed E-state index contributed by atoms with van der Waals surface area (Å²) in [7, 11) is 0. The van der Waals surface area contributed by atoms with Gasteiger partial charge >= 0.3 is 0 Å². The van der Waals surface area contributed by atoms with Crippen LogP contribution in [-0.2, 0) is 0 Å². The molecule has 0 saturated carbocycles. The van der Waals surface area contributed by atoms with Gasteiger partial charge < -0.3 is 5.32 Å². The number of benzene rings is 1. The molecule has 1 aromatic heterocycles. The summed E-state index contributed by atoms with van der Waals surface area (Å²) in [5.41, 5.74) is 2.32. The fourth-order valence-corrected chi connectivity index (χ4v) is 3.34. The monoisotopic (exact) mass is 266 g/mol. The van der Waals surface area contributed by atoms with Gasteiger partial charge in [-0.1, -0.05) is 25.6 Å². The van der Waals surface area contributed by atoms with Crippen LogP contribution in [0.5, 0.6) is 0 Å². The fourth-order valence-electron chi connectivity index (χ4n) is 1.81. The third kappa shape index (κ3) is 2.93. The van der Waals surface area contributed by atoms with Crippen LogP contribution in [0.2, 0.25) is 0 Å². The molecule has 0 aliphatic rings. The predicted molar refractivity (Wildman–Crippen MR) is 79.4 cm³/mol. The minimum atomic E-state index is 0.570. The second-order valence-electron chi connectivity index (χ2n) is 4.02. The first-order valence-corrected chi connectivity index (χ1v) is 8.02. The number of anilines is 1. The zero-order chi connectivity index (χ0) is 12.3. The van der Waals surface area contributed by atoms with E-state index >= 15 is 0 Å². The maximum absolute atomic E-state index is 4.55. The minimum absolute atomic E-state index is 0.570. The molecule has 1 aromatic carbocycles. The average molecular weight is 266 g/mol. The van der Waals surface area contributed by atoms with E-state index in [9.17, 15) is 0 Å². The molecule has 0 saturated heterocycles. The van der Waals surface area contributed by atoms with Gasteiger partial charge in [-0.25, -0.2) is 4.98 Å². The highest BCUT2D eigenvalue weighted by Gasteiger charge is 2.06. The van der Waals surface area contributed by atoms with Crippen LogP contribution in [0.25, 0.3) is 10.2 Å². The zero-order valence-corrected chi connectivity index (χ0v) is 12.1. The van der Waals surface area contributed by atoms with Crippen LogP contribution < -0.4 is 5.32 Å². The minimum Gasteiger partial charge on any atom is -0.382 e. The standard InChI is InChI=1S/C13H18N2S2/c1-4-9(5-2)14-10-6-7-11-12(8-10)17-13(15-11)16-3/h6-9,14H,4-5H2,1-3H3.